The molecule has 0 saturated carbocycles. The summed E-state index contributed by atoms with van der Waals surface area (Å²) in [6, 6.07) is -0.319. The average molecular weight is 304 g/mol. The fraction of sp³-hybridized carbons (Fsp3) is 0.667. The molecule has 8 heteroatoms. The molecule has 1 amide bonds. The predicted molar refractivity (Wildman–Crippen MR) is 73.6 cm³/mol. The molecule has 1 saturated heterocycles. The first-order chi connectivity index (χ1) is 9.11. The number of nitrogens with one attached hydrogen (secondary N) is 1. The molecular formula is C12H20N2O5S. The van der Waals surface area contributed by atoms with Gasteiger partial charge in [0.05, 0.1) is 6.26 Å². The van der Waals surface area contributed by atoms with E-state index in [2.05, 4.69) is 4.72 Å². The minimum Gasteiger partial charge on any atom is -0.478 e. The summed E-state index contributed by atoms with van der Waals surface area (Å²) in [5.41, 5.74) is 0.186. The number of likely N-dealkylation sites (tertiary alicyclic amines) is 1. The van der Waals surface area contributed by atoms with Crippen LogP contribution in [-0.2, 0) is 19.6 Å². The van der Waals surface area contributed by atoms with E-state index in [-0.39, 0.29) is 29.6 Å². The van der Waals surface area contributed by atoms with Gasteiger partial charge in [-0.2, -0.15) is 0 Å². The van der Waals surface area contributed by atoms with Crippen LogP contribution in [0.1, 0.15) is 26.7 Å². The highest BCUT2D eigenvalue weighted by Crippen LogP contribution is 2.15. The Labute approximate surface area is 118 Å². The van der Waals surface area contributed by atoms with Gasteiger partial charge in [-0.1, -0.05) is 0 Å². The van der Waals surface area contributed by atoms with E-state index in [4.69, 9.17) is 5.11 Å². The maximum atomic E-state index is 12.2. The van der Waals surface area contributed by atoms with Crippen LogP contribution in [0.25, 0.3) is 0 Å². The van der Waals surface area contributed by atoms with E-state index < -0.39 is 16.0 Å². The lowest BCUT2D eigenvalue weighted by atomic mass is 10.0. The molecule has 1 aliphatic rings. The quantitative estimate of drug-likeness (QED) is 0.709. The van der Waals surface area contributed by atoms with Crippen LogP contribution in [0.5, 0.6) is 0 Å². The molecule has 2 N–H and O–H groups in total. The zero-order valence-corrected chi connectivity index (χ0v) is 12.7. The number of piperidine rings is 1. The third-order valence-corrected chi connectivity index (χ3v) is 4.05. The molecule has 1 atom stereocenters. The van der Waals surface area contributed by atoms with Crippen molar-refractivity contribution in [3.8, 4) is 0 Å². The first-order valence-corrected chi connectivity index (χ1v) is 8.18. The Hall–Kier alpha value is -1.41. The van der Waals surface area contributed by atoms with E-state index >= 15 is 0 Å². The maximum Gasteiger partial charge on any atom is 0.331 e. The second-order valence-electron chi connectivity index (χ2n) is 5.04. The van der Waals surface area contributed by atoms with Gasteiger partial charge in [-0.25, -0.2) is 17.9 Å². The van der Waals surface area contributed by atoms with Crippen LogP contribution >= 0.6 is 0 Å². The highest BCUT2D eigenvalue weighted by molar-refractivity contribution is 7.88. The number of aliphatic carboxylic acids is 1. The van der Waals surface area contributed by atoms with Gasteiger partial charge in [0.1, 0.15) is 0 Å². The van der Waals surface area contributed by atoms with Crippen LogP contribution in [0, 0.1) is 0 Å². The van der Waals surface area contributed by atoms with E-state index in [1.165, 1.54) is 18.7 Å². The summed E-state index contributed by atoms with van der Waals surface area (Å²) in [5, 5.41) is 8.88. The Kier molecular flexibility index (Phi) is 5.29. The summed E-state index contributed by atoms with van der Waals surface area (Å²) in [6.07, 6.45) is 2.42. The molecule has 1 aliphatic heterocycles. The van der Waals surface area contributed by atoms with Crippen molar-refractivity contribution in [1.29, 1.82) is 0 Å². The first kappa shape index (κ1) is 16.6. The number of rotatable bonds is 4. The highest BCUT2D eigenvalue weighted by atomic mass is 32.2. The number of carboxylic acids is 1. The van der Waals surface area contributed by atoms with Crippen molar-refractivity contribution in [2.24, 2.45) is 0 Å². The van der Waals surface area contributed by atoms with Crippen molar-refractivity contribution in [1.82, 2.24) is 9.62 Å². The summed E-state index contributed by atoms with van der Waals surface area (Å²) < 4.78 is 24.9. The van der Waals surface area contributed by atoms with Crippen LogP contribution in [0.15, 0.2) is 11.1 Å². The van der Waals surface area contributed by atoms with Crippen LogP contribution in [-0.4, -0.2) is 55.7 Å². The van der Waals surface area contributed by atoms with Gasteiger partial charge in [-0.3, -0.25) is 4.79 Å². The summed E-state index contributed by atoms with van der Waals surface area (Å²) in [4.78, 5) is 24.5. The summed E-state index contributed by atoms with van der Waals surface area (Å²) >= 11 is 0. The lowest BCUT2D eigenvalue weighted by molar-refractivity contribution is -0.134. The Morgan fingerprint density at radius 2 is 1.85 bits per heavy atom. The van der Waals surface area contributed by atoms with Crippen LogP contribution in [0.2, 0.25) is 0 Å². The van der Waals surface area contributed by atoms with E-state index in [0.29, 0.717) is 19.4 Å². The van der Waals surface area contributed by atoms with Crippen LogP contribution in [0.4, 0.5) is 0 Å². The summed E-state index contributed by atoms with van der Waals surface area (Å²) in [5.74, 6) is -1.48. The molecule has 0 bridgehead atoms. The predicted octanol–water partition coefficient (Wildman–Crippen LogP) is -0.0524. The zero-order chi connectivity index (χ0) is 15.5. The van der Waals surface area contributed by atoms with Crippen molar-refractivity contribution in [2.75, 3.05) is 19.3 Å². The van der Waals surface area contributed by atoms with E-state index in [1.54, 1.807) is 0 Å². The second kappa shape index (κ2) is 6.36. The van der Waals surface area contributed by atoms with Crippen molar-refractivity contribution in [2.45, 2.75) is 32.7 Å². The third-order valence-electron chi connectivity index (χ3n) is 3.29. The van der Waals surface area contributed by atoms with Crippen molar-refractivity contribution >= 4 is 21.9 Å². The number of carbonyl (C=O) groups is 2. The smallest absolute Gasteiger partial charge is 0.331 e. The van der Waals surface area contributed by atoms with Gasteiger partial charge < -0.3 is 10.0 Å². The Bertz CT molecular complexity index is 538. The third kappa shape index (κ3) is 4.61. The number of carbonyl (C=O) groups excluding carboxylic acids is 1. The van der Waals surface area contributed by atoms with E-state index in [9.17, 15) is 18.0 Å². The van der Waals surface area contributed by atoms with Gasteiger partial charge in [0.25, 0.3) is 0 Å². The number of nitrogens with zero attached hydrogens (tertiary/aromatic N) is 1. The lowest BCUT2D eigenvalue weighted by Gasteiger charge is -2.33. The highest BCUT2D eigenvalue weighted by Gasteiger charge is 2.27. The SMILES string of the molecule is CC(C(=O)O)=C(C)C(=O)N1CCCC(NS(C)(=O)=O)C1. The maximum absolute atomic E-state index is 12.2. The van der Waals surface area contributed by atoms with E-state index in [1.807, 2.05) is 0 Å². The first-order valence-electron chi connectivity index (χ1n) is 6.29. The van der Waals surface area contributed by atoms with Gasteiger partial charge >= 0.3 is 5.97 Å². The molecule has 1 fully saturated rings. The molecule has 0 radical (unpaired) electrons. The Balaban J connectivity index is 2.80. The standard InChI is InChI=1S/C12H20N2O5S/c1-8(9(2)12(16)17)11(15)14-6-4-5-10(7-14)13-20(3,18)19/h10,13H,4-7H2,1-3H3,(H,16,17). The minimum absolute atomic E-state index is 0.00759. The van der Waals surface area contributed by atoms with E-state index in [0.717, 1.165) is 6.26 Å². The average Bonchev–Trinajstić information content (AvgIpc) is 2.34. The molecule has 0 aromatic rings. The molecule has 1 unspecified atom stereocenters. The van der Waals surface area contributed by atoms with Gasteiger partial charge in [-0.05, 0) is 26.7 Å². The fourth-order valence-corrected chi connectivity index (χ4v) is 2.92. The number of carboxylic acid groups (broad SMARTS) is 1. The fourth-order valence-electron chi connectivity index (χ4n) is 2.12. The number of amides is 1. The molecule has 7 nitrogen and oxygen atoms in total. The Morgan fingerprint density at radius 1 is 1.25 bits per heavy atom. The molecule has 1 heterocycles. The molecular weight excluding hydrogens is 284 g/mol. The Morgan fingerprint density at radius 3 is 2.35 bits per heavy atom. The monoisotopic (exact) mass is 304 g/mol. The molecule has 114 valence electrons. The topological polar surface area (TPSA) is 104 Å². The molecule has 0 spiro atoms. The largest absolute Gasteiger partial charge is 0.478 e. The van der Waals surface area contributed by atoms with Crippen molar-refractivity contribution in [3.05, 3.63) is 11.1 Å². The van der Waals surface area contributed by atoms with Crippen molar-refractivity contribution < 1.29 is 23.1 Å². The molecule has 0 aromatic carbocycles. The van der Waals surface area contributed by atoms with Gasteiger partial charge in [-0.15, -0.1) is 0 Å². The molecule has 20 heavy (non-hydrogen) atoms. The number of hydrogen-bond donors (Lipinski definition) is 2. The normalized spacial score (nSPS) is 21.4. The second-order valence-corrected chi connectivity index (χ2v) is 6.82. The van der Waals surface area contributed by atoms with Crippen LogP contribution in [0.3, 0.4) is 0 Å². The van der Waals surface area contributed by atoms with Crippen LogP contribution < -0.4 is 4.72 Å². The zero-order valence-electron chi connectivity index (χ0n) is 11.8. The lowest BCUT2D eigenvalue weighted by Crippen LogP contribution is -2.49. The molecule has 0 aromatic heterocycles. The minimum atomic E-state index is -3.32. The number of sulfonamides is 1. The van der Waals surface area contributed by atoms with Gasteiger partial charge in [0, 0.05) is 30.3 Å². The molecule has 1 rings (SSSR count). The van der Waals surface area contributed by atoms with Gasteiger partial charge in [0.2, 0.25) is 15.9 Å². The molecule has 0 aliphatic carbocycles. The summed E-state index contributed by atoms with van der Waals surface area (Å²) in [6.45, 7) is 3.62. The van der Waals surface area contributed by atoms with Gasteiger partial charge in [0.15, 0.2) is 0 Å². The van der Waals surface area contributed by atoms with Crippen molar-refractivity contribution in [3.63, 3.8) is 0 Å². The number of hydrogen-bond acceptors (Lipinski definition) is 4. The summed E-state index contributed by atoms with van der Waals surface area (Å²) in [7, 11) is -3.32.